The molecule has 2 aliphatic carbocycles. The van der Waals surface area contributed by atoms with Crippen LogP contribution < -0.4 is 26.0 Å². The number of ether oxygens (including phenoxy) is 2. The minimum atomic E-state index is -1.20. The molecule has 2 fully saturated rings. The molecule has 5 N–H and O–H groups in total. The number of hydrogen-bond acceptors (Lipinski definition) is 13. The molecule has 0 saturated heterocycles. The Kier molecular flexibility index (Phi) is 14.0. The molecule has 6 aromatic rings. The number of amides is 3. The van der Waals surface area contributed by atoms with Gasteiger partial charge in [0.2, 0.25) is 0 Å². The molecular formula is C48H46F6N10O6. The van der Waals surface area contributed by atoms with E-state index in [1.54, 1.807) is 32.7 Å². The first kappa shape index (κ1) is 50.0. The van der Waals surface area contributed by atoms with Crippen LogP contribution >= 0.6 is 0 Å². The van der Waals surface area contributed by atoms with Crippen LogP contribution in [0.15, 0.2) is 85.2 Å². The number of alkyl halides is 2. The Bertz CT molecular complexity index is 2930. The van der Waals surface area contributed by atoms with Crippen LogP contribution in [0.3, 0.4) is 0 Å². The van der Waals surface area contributed by atoms with Crippen molar-refractivity contribution >= 4 is 29.5 Å². The highest BCUT2D eigenvalue weighted by Gasteiger charge is 2.53. The summed E-state index contributed by atoms with van der Waals surface area (Å²) in [7, 11) is 2.91. The summed E-state index contributed by atoms with van der Waals surface area (Å²) in [5, 5.41) is 25.9. The van der Waals surface area contributed by atoms with Crippen molar-refractivity contribution < 1.29 is 55.3 Å². The van der Waals surface area contributed by atoms with Crippen molar-refractivity contribution in [2.45, 2.75) is 75.4 Å². The Morgan fingerprint density at radius 1 is 0.714 bits per heavy atom. The Balaban J connectivity index is 0.000000212. The van der Waals surface area contributed by atoms with Gasteiger partial charge in [0.15, 0.2) is 11.6 Å². The van der Waals surface area contributed by atoms with Crippen LogP contribution in [0.4, 0.5) is 42.8 Å². The summed E-state index contributed by atoms with van der Waals surface area (Å²) in [4.78, 5) is 47.5. The molecule has 0 atom stereocenters. The molecular weight excluding hydrogens is 927 g/mol. The maximum absolute atomic E-state index is 14.8. The summed E-state index contributed by atoms with van der Waals surface area (Å²) < 4.78 is 96.9. The van der Waals surface area contributed by atoms with E-state index < -0.39 is 75.8 Å². The number of carbonyl (C=O) groups excluding carboxylic acids is 3. The number of primary amides is 2. The summed E-state index contributed by atoms with van der Waals surface area (Å²) in [5.74, 6) is -4.77. The second-order valence-electron chi connectivity index (χ2n) is 17.8. The quantitative estimate of drug-likeness (QED) is 0.0996. The third-order valence-electron chi connectivity index (χ3n) is 11.9. The van der Waals surface area contributed by atoms with Crippen LogP contribution in [0.2, 0.25) is 0 Å². The van der Waals surface area contributed by atoms with Gasteiger partial charge >= 0.3 is 6.09 Å². The first-order valence-electron chi connectivity index (χ1n) is 21.5. The first-order valence-corrected chi connectivity index (χ1v) is 21.5. The van der Waals surface area contributed by atoms with Gasteiger partial charge in [-0.05, 0) is 94.3 Å². The Hall–Kier alpha value is -7.91. The zero-order valence-corrected chi connectivity index (χ0v) is 38.3. The topological polar surface area (TPSA) is 226 Å². The van der Waals surface area contributed by atoms with Crippen molar-refractivity contribution in [2.75, 3.05) is 30.5 Å². The number of anilines is 2. The number of nitrogens with two attached hydrogens (primary N) is 2. The minimum Gasteiger partial charge on any atom is -0.507 e. The Morgan fingerprint density at radius 2 is 1.23 bits per heavy atom. The third-order valence-corrected chi connectivity index (χ3v) is 11.9. The molecule has 3 amide bonds. The standard InChI is InChI=1S/C27H28F3N5O4.C21H18F3N5O2/c1-26(2,3)39-25(37)35(14-27(12-15(28)13-27)23-18(29)6-5-9-32-23)22-8-7-20(33-34-22)16-10-17(24(31)36)21(38-4)11-19(16)30;1-29(21(9-11(22)10-21)19-14(23)3-2-6-26-19)18-5-4-16(27-28-18)12-7-13(20(25)31)17(30)8-15(12)24/h5-11,15H,12-14H2,1-4H3,(H2,31,36);2-8,11,30H,9-10H2,1H3,(H2,25,31). The van der Waals surface area contributed by atoms with Crippen molar-refractivity contribution in [3.05, 3.63) is 131 Å². The molecule has 366 valence electrons. The molecule has 4 heterocycles. The fourth-order valence-corrected chi connectivity index (χ4v) is 8.40. The van der Waals surface area contributed by atoms with Gasteiger partial charge in [0, 0.05) is 67.5 Å². The normalized spacial score (nSPS) is 19.4. The molecule has 16 nitrogen and oxygen atoms in total. The molecule has 8 rings (SSSR count). The highest BCUT2D eigenvalue weighted by molar-refractivity contribution is 5.97. The van der Waals surface area contributed by atoms with Gasteiger partial charge in [-0.15, -0.1) is 20.4 Å². The van der Waals surface area contributed by atoms with Crippen molar-refractivity contribution in [1.82, 2.24) is 30.4 Å². The number of rotatable bonds is 12. The molecule has 2 saturated carbocycles. The smallest absolute Gasteiger partial charge is 0.416 e. The van der Waals surface area contributed by atoms with E-state index in [1.165, 1.54) is 74.1 Å². The zero-order valence-electron chi connectivity index (χ0n) is 38.3. The van der Waals surface area contributed by atoms with Gasteiger partial charge in [-0.2, -0.15) is 0 Å². The molecule has 0 radical (unpaired) electrons. The van der Waals surface area contributed by atoms with Gasteiger partial charge in [0.1, 0.15) is 58.4 Å². The highest BCUT2D eigenvalue weighted by atomic mass is 19.2. The van der Waals surface area contributed by atoms with Crippen molar-refractivity contribution in [2.24, 2.45) is 11.5 Å². The monoisotopic (exact) mass is 972 g/mol. The van der Waals surface area contributed by atoms with Crippen LogP contribution in [0.5, 0.6) is 11.5 Å². The lowest BCUT2D eigenvalue weighted by Gasteiger charge is -2.50. The molecule has 0 bridgehead atoms. The first-order chi connectivity index (χ1) is 33.1. The number of phenols is 1. The van der Waals surface area contributed by atoms with E-state index in [-0.39, 0.29) is 88.8 Å². The van der Waals surface area contributed by atoms with Crippen LogP contribution in [-0.4, -0.2) is 92.0 Å². The van der Waals surface area contributed by atoms with Gasteiger partial charge in [-0.1, -0.05) is 0 Å². The molecule has 2 aromatic carbocycles. The fraction of sp³-hybridized carbons (Fsp3) is 0.312. The number of aromatic hydroxyl groups is 1. The lowest BCUT2D eigenvalue weighted by atomic mass is 9.64. The van der Waals surface area contributed by atoms with Gasteiger partial charge in [-0.3, -0.25) is 24.5 Å². The molecule has 0 aliphatic heterocycles. The number of methoxy groups -OCH3 is 1. The molecule has 70 heavy (non-hydrogen) atoms. The van der Waals surface area contributed by atoms with E-state index in [2.05, 4.69) is 30.4 Å². The second kappa shape index (κ2) is 19.6. The van der Waals surface area contributed by atoms with Crippen molar-refractivity contribution in [3.63, 3.8) is 0 Å². The number of benzene rings is 2. The van der Waals surface area contributed by atoms with Crippen LogP contribution in [0.1, 0.15) is 78.6 Å². The number of carbonyl (C=O) groups is 3. The predicted octanol–water partition coefficient (Wildman–Crippen LogP) is 7.82. The van der Waals surface area contributed by atoms with Crippen molar-refractivity contribution in [3.8, 4) is 34.0 Å². The Labute approximate surface area is 396 Å². The predicted molar refractivity (Wildman–Crippen MR) is 242 cm³/mol. The summed E-state index contributed by atoms with van der Waals surface area (Å²) in [6.45, 7) is 4.84. The molecule has 0 spiro atoms. The number of halogens is 6. The van der Waals surface area contributed by atoms with E-state index in [0.717, 1.165) is 23.1 Å². The summed E-state index contributed by atoms with van der Waals surface area (Å²) in [6, 6.07) is 15.2. The summed E-state index contributed by atoms with van der Waals surface area (Å²) >= 11 is 0. The van der Waals surface area contributed by atoms with E-state index in [4.69, 9.17) is 20.9 Å². The van der Waals surface area contributed by atoms with E-state index in [0.29, 0.717) is 5.82 Å². The van der Waals surface area contributed by atoms with Crippen LogP contribution in [0, 0.1) is 23.3 Å². The molecule has 0 unspecified atom stereocenters. The Morgan fingerprint density at radius 3 is 1.70 bits per heavy atom. The number of aromatic nitrogens is 6. The maximum atomic E-state index is 14.8. The van der Waals surface area contributed by atoms with Crippen LogP contribution in [0.25, 0.3) is 22.5 Å². The number of nitrogens with zero attached hydrogens (tertiary/aromatic N) is 8. The summed E-state index contributed by atoms with van der Waals surface area (Å²) in [6.07, 6.45) is -0.302. The van der Waals surface area contributed by atoms with Crippen LogP contribution in [-0.2, 0) is 15.7 Å². The van der Waals surface area contributed by atoms with Gasteiger partial charge in [0.05, 0.1) is 40.9 Å². The second-order valence-corrected chi connectivity index (χ2v) is 17.8. The molecule has 22 heteroatoms. The third kappa shape index (κ3) is 10.1. The zero-order chi connectivity index (χ0) is 50.9. The van der Waals surface area contributed by atoms with Crippen molar-refractivity contribution in [1.29, 1.82) is 0 Å². The lowest BCUT2D eigenvalue weighted by molar-refractivity contribution is 0.0506. The maximum Gasteiger partial charge on any atom is 0.416 e. The molecule has 4 aromatic heterocycles. The SMILES string of the molecule is CN(c1ccc(-c2cc(C(N)=O)c(O)cc2F)nn1)C1(c2ncccc2F)CC(F)C1.COc1cc(F)c(-c2ccc(N(CC3(c4ncccc4F)CC(F)C3)C(=O)OC(C)(C)C)nn2)cc1C(N)=O. The number of pyridine rings is 2. The lowest BCUT2D eigenvalue weighted by Crippen LogP contribution is -2.56. The van der Waals surface area contributed by atoms with E-state index in [9.17, 15) is 45.8 Å². The molecule has 2 aliphatic rings. The average Bonchev–Trinajstić information content (AvgIpc) is 3.28. The van der Waals surface area contributed by atoms with E-state index >= 15 is 0 Å². The van der Waals surface area contributed by atoms with E-state index in [1.807, 2.05) is 0 Å². The fourth-order valence-electron chi connectivity index (χ4n) is 8.40. The minimum absolute atomic E-state index is 0.00932. The van der Waals surface area contributed by atoms with Gasteiger partial charge in [-0.25, -0.2) is 31.1 Å². The largest absolute Gasteiger partial charge is 0.507 e. The van der Waals surface area contributed by atoms with Gasteiger partial charge in [0.25, 0.3) is 11.8 Å². The van der Waals surface area contributed by atoms with Gasteiger partial charge < -0.3 is 30.9 Å². The summed E-state index contributed by atoms with van der Waals surface area (Å²) in [5.41, 5.74) is 7.38. The average molecular weight is 973 g/mol. The highest BCUT2D eigenvalue weighted by Crippen LogP contribution is 2.49. The number of hydrogen-bond donors (Lipinski definition) is 3.